The van der Waals surface area contributed by atoms with Crippen LogP contribution in [0.4, 0.5) is 9.59 Å². The molecule has 5 aromatic rings. The van der Waals surface area contributed by atoms with Crippen molar-refractivity contribution in [2.24, 2.45) is 0 Å². The van der Waals surface area contributed by atoms with Crippen LogP contribution in [0.2, 0.25) is 0 Å². The van der Waals surface area contributed by atoms with Crippen molar-refractivity contribution in [1.82, 2.24) is 16.0 Å². The first-order valence-electron chi connectivity index (χ1n) is 19.2. The van der Waals surface area contributed by atoms with Gasteiger partial charge in [0.15, 0.2) is 5.60 Å². The molecule has 294 valence electrons. The number of hydrogen-bond acceptors (Lipinski definition) is 7. The predicted molar refractivity (Wildman–Crippen MR) is 219 cm³/mol. The summed E-state index contributed by atoms with van der Waals surface area (Å²) in [6, 6.07) is 40.7. The van der Waals surface area contributed by atoms with Gasteiger partial charge >= 0.3 is 18.2 Å². The van der Waals surface area contributed by atoms with Crippen LogP contribution in [-0.2, 0) is 24.6 Å². The highest BCUT2D eigenvalue weighted by atomic mass is 16.6. The number of ether oxygens (including phenoxy) is 3. The molecule has 1 aliphatic rings. The number of amides is 3. The zero-order valence-corrected chi connectivity index (χ0v) is 32.7. The van der Waals surface area contributed by atoms with Gasteiger partial charge in [0.05, 0.1) is 0 Å². The van der Waals surface area contributed by atoms with Gasteiger partial charge < -0.3 is 30.2 Å². The van der Waals surface area contributed by atoms with Crippen LogP contribution in [-0.4, -0.2) is 55.9 Å². The monoisotopic (exact) mass is 767 g/mol. The summed E-state index contributed by atoms with van der Waals surface area (Å²) in [5, 5.41) is 8.22. The van der Waals surface area contributed by atoms with E-state index in [4.69, 9.17) is 14.2 Å². The maximum Gasteiger partial charge on any atom is 0.407 e. The molecule has 3 N–H and O–H groups in total. The van der Waals surface area contributed by atoms with Gasteiger partial charge in [-0.25, -0.2) is 14.4 Å². The van der Waals surface area contributed by atoms with E-state index in [1.807, 2.05) is 97.1 Å². The number of nitrogens with one attached hydrogen (secondary N) is 3. The minimum atomic E-state index is -1.47. The number of carbonyl (C=O) groups is 4. The van der Waals surface area contributed by atoms with E-state index in [9.17, 15) is 19.2 Å². The van der Waals surface area contributed by atoms with Gasteiger partial charge in [0.25, 0.3) is 5.91 Å². The molecule has 0 bridgehead atoms. The highest BCUT2D eigenvalue weighted by Gasteiger charge is 2.42. The Morgan fingerprint density at radius 2 is 1.16 bits per heavy atom. The SMILES string of the molecule is CNC(=O)c1ccc(C(OC(=O)[C@H](CCCCNC(=O)OC(C)(C)C)NC(=O)OCC2c3ccccc3-c3ccccc32)(c2ccccc2)c2ccccc2)cc1. The number of hydrogen-bond donors (Lipinski definition) is 3. The van der Waals surface area contributed by atoms with Gasteiger partial charge in [-0.15, -0.1) is 0 Å². The first-order valence-corrected chi connectivity index (χ1v) is 19.2. The molecular weight excluding hydrogens is 719 g/mol. The summed E-state index contributed by atoms with van der Waals surface area (Å²) in [6.07, 6.45) is -0.157. The standard InChI is InChI=1S/C47H49N3O7/c1-46(2,3)57-44(53)49-30-16-15-25-41(50-45(54)55-31-40-38-23-13-11-21-36(38)37-22-12-14-24-39(37)40)43(52)56-47(33-17-7-5-8-18-33,34-19-9-6-10-20-34)35-28-26-32(27-29-35)42(51)48-4/h5-14,17-24,26-29,40-41H,15-16,25,30-31H2,1-4H3,(H,48,51)(H,49,53)(H,50,54)/t41-/m0/s1. The van der Waals surface area contributed by atoms with Crippen molar-refractivity contribution in [3.8, 4) is 11.1 Å². The van der Waals surface area contributed by atoms with Crippen molar-refractivity contribution in [2.75, 3.05) is 20.2 Å². The van der Waals surface area contributed by atoms with Crippen molar-refractivity contribution in [2.45, 2.75) is 63.2 Å². The summed E-state index contributed by atoms with van der Waals surface area (Å²) in [7, 11) is 1.56. The van der Waals surface area contributed by atoms with E-state index in [1.54, 1.807) is 52.1 Å². The van der Waals surface area contributed by atoms with Crippen LogP contribution >= 0.6 is 0 Å². The normalized spacial score (nSPS) is 12.7. The first kappa shape index (κ1) is 40.2. The summed E-state index contributed by atoms with van der Waals surface area (Å²) in [6.45, 7) is 5.74. The average Bonchev–Trinajstić information content (AvgIpc) is 3.54. The fourth-order valence-corrected chi connectivity index (χ4v) is 7.25. The zero-order valence-electron chi connectivity index (χ0n) is 32.7. The number of fused-ring (bicyclic) bond motifs is 3. The molecule has 6 rings (SSSR count). The number of esters is 1. The van der Waals surface area contributed by atoms with Crippen molar-refractivity contribution in [1.29, 1.82) is 0 Å². The number of carbonyl (C=O) groups excluding carboxylic acids is 4. The second kappa shape index (κ2) is 18.0. The lowest BCUT2D eigenvalue weighted by Crippen LogP contribution is -2.46. The average molecular weight is 768 g/mol. The summed E-state index contributed by atoms with van der Waals surface area (Å²) >= 11 is 0. The van der Waals surface area contributed by atoms with Gasteiger partial charge in [0.2, 0.25) is 0 Å². The number of alkyl carbamates (subject to hydrolysis) is 2. The van der Waals surface area contributed by atoms with Crippen molar-refractivity contribution >= 4 is 24.1 Å². The number of rotatable bonds is 14. The summed E-state index contributed by atoms with van der Waals surface area (Å²) in [5.41, 5.74) is 4.60. The zero-order chi connectivity index (χ0) is 40.4. The van der Waals surface area contributed by atoms with E-state index in [0.717, 1.165) is 22.3 Å². The smallest absolute Gasteiger partial charge is 0.407 e. The highest BCUT2D eigenvalue weighted by Crippen LogP contribution is 2.45. The van der Waals surface area contributed by atoms with Gasteiger partial charge in [-0.2, -0.15) is 0 Å². The first-order chi connectivity index (χ1) is 27.5. The molecule has 0 saturated heterocycles. The molecule has 1 aliphatic carbocycles. The predicted octanol–water partition coefficient (Wildman–Crippen LogP) is 8.48. The van der Waals surface area contributed by atoms with Crippen LogP contribution in [0.1, 0.15) is 84.1 Å². The van der Waals surface area contributed by atoms with E-state index in [-0.39, 0.29) is 24.9 Å². The third kappa shape index (κ3) is 9.52. The molecule has 57 heavy (non-hydrogen) atoms. The topological polar surface area (TPSA) is 132 Å². The fraction of sp³-hybridized carbons (Fsp3) is 0.277. The van der Waals surface area contributed by atoms with Gasteiger partial charge in [-0.3, -0.25) is 4.79 Å². The maximum atomic E-state index is 14.7. The quantitative estimate of drug-likeness (QED) is 0.0447. The largest absolute Gasteiger partial charge is 0.449 e. The van der Waals surface area contributed by atoms with Gasteiger partial charge in [-0.05, 0) is 74.4 Å². The summed E-state index contributed by atoms with van der Waals surface area (Å²) in [4.78, 5) is 53.2. The molecule has 10 nitrogen and oxygen atoms in total. The Hall–Kier alpha value is -6.42. The molecule has 3 amide bonds. The van der Waals surface area contributed by atoms with Crippen LogP contribution in [0.3, 0.4) is 0 Å². The van der Waals surface area contributed by atoms with Crippen molar-refractivity contribution in [3.05, 3.63) is 167 Å². The van der Waals surface area contributed by atoms with Gasteiger partial charge in [-0.1, -0.05) is 121 Å². The van der Waals surface area contributed by atoms with E-state index < -0.39 is 35.4 Å². The summed E-state index contributed by atoms with van der Waals surface area (Å²) < 4.78 is 18.0. The Bertz CT molecular complexity index is 2080. The van der Waals surface area contributed by atoms with Crippen LogP contribution in [0.25, 0.3) is 11.1 Å². The Labute approximate surface area is 333 Å². The highest BCUT2D eigenvalue weighted by molar-refractivity contribution is 5.94. The fourth-order valence-electron chi connectivity index (χ4n) is 7.25. The van der Waals surface area contributed by atoms with E-state index >= 15 is 0 Å². The van der Waals surface area contributed by atoms with E-state index in [2.05, 4.69) is 28.1 Å². The minimum absolute atomic E-state index is 0.0666. The molecule has 0 aliphatic heterocycles. The van der Waals surface area contributed by atoms with Crippen LogP contribution in [0, 0.1) is 0 Å². The molecule has 0 aromatic heterocycles. The molecule has 0 radical (unpaired) electrons. The van der Waals surface area contributed by atoms with Gasteiger partial charge in [0.1, 0.15) is 18.2 Å². The van der Waals surface area contributed by atoms with Crippen molar-refractivity contribution in [3.63, 3.8) is 0 Å². The summed E-state index contributed by atoms with van der Waals surface area (Å²) in [5.74, 6) is -1.11. The second-order valence-electron chi connectivity index (χ2n) is 14.9. The van der Waals surface area contributed by atoms with Crippen LogP contribution < -0.4 is 16.0 Å². The second-order valence-corrected chi connectivity index (χ2v) is 14.9. The number of benzene rings is 5. The molecule has 0 spiro atoms. The minimum Gasteiger partial charge on any atom is -0.449 e. The Balaban J connectivity index is 1.28. The van der Waals surface area contributed by atoms with E-state index in [0.29, 0.717) is 41.6 Å². The molecule has 0 heterocycles. The molecule has 5 aromatic carbocycles. The molecule has 0 fully saturated rings. The lowest BCUT2D eigenvalue weighted by Gasteiger charge is -2.36. The lowest BCUT2D eigenvalue weighted by atomic mass is 9.79. The maximum absolute atomic E-state index is 14.7. The Morgan fingerprint density at radius 1 is 0.632 bits per heavy atom. The molecular formula is C47H49N3O7. The molecule has 0 saturated carbocycles. The molecule has 1 atom stereocenters. The molecule has 10 heteroatoms. The lowest BCUT2D eigenvalue weighted by molar-refractivity contribution is -0.156. The Morgan fingerprint density at radius 3 is 1.70 bits per heavy atom. The van der Waals surface area contributed by atoms with Crippen molar-refractivity contribution < 1.29 is 33.4 Å². The van der Waals surface area contributed by atoms with E-state index in [1.165, 1.54) is 0 Å². The third-order valence-corrected chi connectivity index (χ3v) is 9.90. The van der Waals surface area contributed by atoms with Crippen LogP contribution in [0.5, 0.6) is 0 Å². The molecule has 0 unspecified atom stereocenters. The third-order valence-electron chi connectivity index (χ3n) is 9.90. The number of unbranched alkanes of at least 4 members (excludes halogenated alkanes) is 1. The van der Waals surface area contributed by atoms with Crippen LogP contribution in [0.15, 0.2) is 133 Å². The Kier molecular flexibility index (Phi) is 12.7. The van der Waals surface area contributed by atoms with Gasteiger partial charge in [0, 0.05) is 41.8 Å².